The average Bonchev–Trinajstić information content (AvgIpc) is 3.55. The Bertz CT molecular complexity index is 1230. The van der Waals surface area contributed by atoms with Gasteiger partial charge in [0.1, 0.15) is 23.3 Å². The minimum absolute atomic E-state index is 0.0756. The topological polar surface area (TPSA) is 205 Å². The van der Waals surface area contributed by atoms with E-state index in [2.05, 4.69) is 25.1 Å². The van der Waals surface area contributed by atoms with Crippen LogP contribution in [0, 0.1) is 0 Å². The standard InChI is InChI=1S/C23H38N7O8P/c1-6-36-20(32)23(9-7-8-10-23)29-39(34,28-13(2)3)37-11-14-16(31)22(4,33)19(38-14)30-12-25-15-17(30)26-21(24)27-18(15)35-5/h12-14,16,19,31,33H,6-11H2,1-5H3,(H2,24,26,27)(H2,28,29,34)/t14-,16+,19-,22?,39?/m1/s1. The molecule has 1 aliphatic carbocycles. The molecule has 1 saturated carbocycles. The van der Waals surface area contributed by atoms with Crippen molar-refractivity contribution in [3.05, 3.63) is 6.33 Å². The number of anilines is 1. The Kier molecular flexibility index (Phi) is 8.53. The van der Waals surface area contributed by atoms with Crippen molar-refractivity contribution < 1.29 is 38.3 Å². The largest absolute Gasteiger partial charge is 0.479 e. The Balaban J connectivity index is 1.57. The van der Waals surface area contributed by atoms with Crippen molar-refractivity contribution in [3.63, 3.8) is 0 Å². The number of rotatable bonds is 11. The van der Waals surface area contributed by atoms with Gasteiger partial charge in [0, 0.05) is 6.04 Å². The molecule has 15 nitrogen and oxygen atoms in total. The van der Waals surface area contributed by atoms with Crippen LogP contribution in [-0.4, -0.2) is 85.4 Å². The first kappa shape index (κ1) is 29.6. The zero-order valence-corrected chi connectivity index (χ0v) is 23.7. The molecule has 39 heavy (non-hydrogen) atoms. The second kappa shape index (κ2) is 11.2. The van der Waals surface area contributed by atoms with Crippen molar-refractivity contribution in [2.75, 3.05) is 26.1 Å². The zero-order valence-electron chi connectivity index (χ0n) is 22.8. The van der Waals surface area contributed by atoms with E-state index in [1.165, 1.54) is 24.9 Å². The van der Waals surface area contributed by atoms with E-state index in [4.69, 9.17) is 24.5 Å². The summed E-state index contributed by atoms with van der Waals surface area (Å²) in [6.07, 6.45) is 0.0817. The normalized spacial score (nSPS) is 28.2. The number of aliphatic hydroxyl groups is 2. The van der Waals surface area contributed by atoms with Crippen molar-refractivity contribution >= 4 is 30.8 Å². The van der Waals surface area contributed by atoms with Gasteiger partial charge in [0.2, 0.25) is 11.8 Å². The zero-order chi connectivity index (χ0) is 28.6. The number of carbonyl (C=O) groups excluding carboxylic acids is 1. The summed E-state index contributed by atoms with van der Waals surface area (Å²) in [5.74, 6) is -0.419. The molecule has 1 aliphatic heterocycles. The Labute approximate surface area is 226 Å². The highest BCUT2D eigenvalue weighted by molar-refractivity contribution is 7.54. The number of nitrogens with two attached hydrogens (primary N) is 1. The van der Waals surface area contributed by atoms with E-state index in [1.807, 2.05) is 0 Å². The molecule has 6 N–H and O–H groups in total. The molecule has 3 heterocycles. The van der Waals surface area contributed by atoms with E-state index in [0.29, 0.717) is 12.8 Å². The Morgan fingerprint density at radius 2 is 2.05 bits per heavy atom. The van der Waals surface area contributed by atoms with Crippen LogP contribution in [0.5, 0.6) is 5.88 Å². The summed E-state index contributed by atoms with van der Waals surface area (Å²) in [6.45, 7) is 6.51. The van der Waals surface area contributed by atoms with Crippen LogP contribution < -0.4 is 20.6 Å². The monoisotopic (exact) mass is 571 g/mol. The number of methoxy groups -OCH3 is 1. The number of hydrogen-bond donors (Lipinski definition) is 5. The van der Waals surface area contributed by atoms with Gasteiger partial charge in [0.25, 0.3) is 0 Å². The molecule has 0 amide bonds. The molecule has 2 aromatic rings. The van der Waals surface area contributed by atoms with E-state index >= 15 is 0 Å². The van der Waals surface area contributed by atoms with Gasteiger partial charge in [-0.1, -0.05) is 12.8 Å². The third-order valence-electron chi connectivity index (χ3n) is 6.94. The van der Waals surface area contributed by atoms with Crippen LogP contribution >= 0.6 is 7.67 Å². The number of carbonyl (C=O) groups is 1. The van der Waals surface area contributed by atoms with E-state index in [-0.39, 0.29) is 42.2 Å². The molecular formula is C23H38N7O8P. The van der Waals surface area contributed by atoms with Gasteiger partial charge >= 0.3 is 13.6 Å². The fourth-order valence-electron chi connectivity index (χ4n) is 5.11. The molecule has 0 bridgehead atoms. The fraction of sp³-hybridized carbons (Fsp3) is 0.739. The van der Waals surface area contributed by atoms with Gasteiger partial charge in [0.15, 0.2) is 17.4 Å². The second-order valence-corrected chi connectivity index (χ2v) is 12.2. The number of ether oxygens (including phenoxy) is 3. The maximum atomic E-state index is 14.0. The van der Waals surface area contributed by atoms with Gasteiger partial charge in [-0.15, -0.1) is 0 Å². The molecule has 5 atom stereocenters. The first-order valence-electron chi connectivity index (χ1n) is 12.9. The van der Waals surface area contributed by atoms with E-state index in [9.17, 15) is 19.6 Å². The van der Waals surface area contributed by atoms with Crippen LogP contribution in [0.3, 0.4) is 0 Å². The highest BCUT2D eigenvalue weighted by Crippen LogP contribution is 2.47. The first-order valence-corrected chi connectivity index (χ1v) is 14.6. The number of nitrogens with zero attached hydrogens (tertiary/aromatic N) is 4. The molecule has 2 fully saturated rings. The smallest absolute Gasteiger partial charge is 0.342 e. The molecule has 0 spiro atoms. The van der Waals surface area contributed by atoms with Gasteiger partial charge in [-0.3, -0.25) is 13.9 Å². The third kappa shape index (κ3) is 5.75. The highest BCUT2D eigenvalue weighted by Gasteiger charge is 2.55. The van der Waals surface area contributed by atoms with Crippen LogP contribution in [0.15, 0.2) is 6.33 Å². The lowest BCUT2D eigenvalue weighted by Crippen LogP contribution is -2.52. The van der Waals surface area contributed by atoms with Gasteiger partial charge in [0.05, 0.1) is 26.7 Å². The van der Waals surface area contributed by atoms with Crippen LogP contribution in [-0.2, 0) is 23.4 Å². The Morgan fingerprint density at radius 1 is 1.36 bits per heavy atom. The molecule has 0 aromatic carbocycles. The Hall–Kier alpha value is -2.39. The third-order valence-corrected chi connectivity index (χ3v) is 9.03. The van der Waals surface area contributed by atoms with Crippen molar-refractivity contribution in [3.8, 4) is 5.88 Å². The molecule has 2 aliphatic rings. The van der Waals surface area contributed by atoms with Crippen LogP contribution in [0.25, 0.3) is 11.2 Å². The first-order chi connectivity index (χ1) is 18.4. The lowest BCUT2D eigenvalue weighted by Gasteiger charge is -2.34. The van der Waals surface area contributed by atoms with Gasteiger partial charge < -0.3 is 34.7 Å². The molecule has 1 saturated heterocycles. The summed E-state index contributed by atoms with van der Waals surface area (Å²) in [6, 6.07) is -0.272. The maximum absolute atomic E-state index is 14.0. The Morgan fingerprint density at radius 3 is 2.67 bits per heavy atom. The number of aliphatic hydroxyl groups excluding tert-OH is 1. The van der Waals surface area contributed by atoms with Crippen LogP contribution in [0.4, 0.5) is 5.95 Å². The van der Waals surface area contributed by atoms with Gasteiger partial charge in [-0.2, -0.15) is 9.97 Å². The van der Waals surface area contributed by atoms with E-state index in [0.717, 1.165) is 12.8 Å². The number of nitrogen functional groups attached to an aromatic ring is 1. The minimum atomic E-state index is -3.87. The second-order valence-electron chi connectivity index (χ2n) is 10.4. The maximum Gasteiger partial charge on any atom is 0.342 e. The summed E-state index contributed by atoms with van der Waals surface area (Å²) < 4.78 is 37.8. The van der Waals surface area contributed by atoms with E-state index in [1.54, 1.807) is 20.8 Å². The van der Waals surface area contributed by atoms with Crippen molar-refractivity contribution in [2.45, 2.75) is 89.0 Å². The minimum Gasteiger partial charge on any atom is -0.479 e. The lowest BCUT2D eigenvalue weighted by molar-refractivity contribution is -0.150. The average molecular weight is 572 g/mol. The summed E-state index contributed by atoms with van der Waals surface area (Å²) >= 11 is 0. The molecule has 2 unspecified atom stereocenters. The fourth-order valence-corrected chi connectivity index (χ4v) is 7.23. The van der Waals surface area contributed by atoms with Crippen molar-refractivity contribution in [2.24, 2.45) is 0 Å². The predicted molar refractivity (Wildman–Crippen MR) is 140 cm³/mol. The number of aromatic nitrogens is 4. The van der Waals surface area contributed by atoms with Gasteiger partial charge in [-0.25, -0.2) is 15.2 Å². The van der Waals surface area contributed by atoms with E-state index < -0.39 is 43.2 Å². The molecule has 2 aromatic heterocycles. The lowest BCUT2D eigenvalue weighted by atomic mass is 9.96. The van der Waals surface area contributed by atoms with Crippen LogP contribution in [0.1, 0.15) is 59.6 Å². The summed E-state index contributed by atoms with van der Waals surface area (Å²) in [5, 5.41) is 28.1. The quantitative estimate of drug-likeness (QED) is 0.189. The molecule has 16 heteroatoms. The summed E-state index contributed by atoms with van der Waals surface area (Å²) in [5.41, 5.74) is 3.34. The number of esters is 1. The predicted octanol–water partition coefficient (Wildman–Crippen LogP) is 1.01. The molecule has 0 radical (unpaired) electrons. The molecule has 218 valence electrons. The molecule has 4 rings (SSSR count). The number of imidazole rings is 1. The van der Waals surface area contributed by atoms with Crippen LogP contribution in [0.2, 0.25) is 0 Å². The highest BCUT2D eigenvalue weighted by atomic mass is 31.2. The molecular weight excluding hydrogens is 533 g/mol. The van der Waals surface area contributed by atoms with Crippen molar-refractivity contribution in [1.29, 1.82) is 0 Å². The SMILES string of the molecule is CCOC(=O)C1(NP(=O)(NC(C)C)OC[C@H]2O[C@@H](n3cnc4c(OC)nc(N)nc43)C(C)(O)[C@H]2O)CCCC1. The number of hydrogen-bond acceptors (Lipinski definition) is 12. The number of nitrogens with one attached hydrogen (secondary N) is 2. The summed E-state index contributed by atoms with van der Waals surface area (Å²) in [7, 11) is -2.46. The van der Waals surface area contributed by atoms with Crippen molar-refractivity contribution in [1.82, 2.24) is 29.7 Å². The summed E-state index contributed by atoms with van der Waals surface area (Å²) in [4.78, 5) is 25.3. The van der Waals surface area contributed by atoms with Gasteiger partial charge in [-0.05, 0) is 40.5 Å². The number of fused-ring (bicyclic) bond motifs is 1.